The fourth-order valence-electron chi connectivity index (χ4n) is 2.30. The summed E-state index contributed by atoms with van der Waals surface area (Å²) in [5.41, 5.74) is 2.74. The van der Waals surface area contributed by atoms with Crippen LogP contribution in [0, 0.1) is 19.3 Å². The van der Waals surface area contributed by atoms with E-state index in [1.165, 1.54) is 12.0 Å². The molecule has 0 aliphatic heterocycles. The Morgan fingerprint density at radius 1 is 1.42 bits per heavy atom. The van der Waals surface area contributed by atoms with Crippen molar-refractivity contribution >= 4 is 0 Å². The number of benzene rings is 1. The lowest BCUT2D eigenvalue weighted by atomic mass is 10.1. The number of rotatable bonds is 6. The Kier molecular flexibility index (Phi) is 4.16. The van der Waals surface area contributed by atoms with Gasteiger partial charge in [0, 0.05) is 12.6 Å². The Labute approximate surface area is 116 Å². The smallest absolute Gasteiger partial charge is 0.122 e. The minimum Gasteiger partial charge on any atom is -0.491 e. The Balaban J connectivity index is 1.72. The number of ether oxygens (including phenoxy) is 1. The second-order valence-electron chi connectivity index (χ2n) is 6.39. The highest BCUT2D eigenvalue weighted by molar-refractivity contribution is 5.35. The van der Waals surface area contributed by atoms with Crippen molar-refractivity contribution < 1.29 is 9.84 Å². The molecule has 3 nitrogen and oxygen atoms in total. The molecule has 2 rings (SSSR count). The van der Waals surface area contributed by atoms with Crippen LogP contribution in [-0.4, -0.2) is 30.4 Å². The van der Waals surface area contributed by atoms with Gasteiger partial charge in [-0.05, 0) is 37.3 Å². The van der Waals surface area contributed by atoms with Crippen LogP contribution in [0.1, 0.15) is 31.4 Å². The van der Waals surface area contributed by atoms with Crippen LogP contribution in [0.5, 0.6) is 5.75 Å². The molecule has 0 bridgehead atoms. The first-order valence-corrected chi connectivity index (χ1v) is 7.00. The summed E-state index contributed by atoms with van der Waals surface area (Å²) in [6.07, 6.45) is 0.731. The van der Waals surface area contributed by atoms with Crippen LogP contribution in [0.4, 0.5) is 0 Å². The molecule has 1 saturated carbocycles. The first-order chi connectivity index (χ1) is 8.88. The van der Waals surface area contributed by atoms with Gasteiger partial charge in [-0.25, -0.2) is 0 Å². The van der Waals surface area contributed by atoms with Gasteiger partial charge < -0.3 is 15.2 Å². The molecule has 1 aliphatic rings. The van der Waals surface area contributed by atoms with Crippen molar-refractivity contribution in [2.75, 3.05) is 13.2 Å². The number of aliphatic hydroxyl groups excluding tert-OH is 1. The van der Waals surface area contributed by atoms with E-state index in [0.29, 0.717) is 24.6 Å². The van der Waals surface area contributed by atoms with Gasteiger partial charge in [-0.2, -0.15) is 0 Å². The molecule has 2 atom stereocenters. The molecular formula is C16H25NO2. The molecule has 0 spiro atoms. The van der Waals surface area contributed by atoms with Crippen molar-refractivity contribution in [1.82, 2.24) is 5.32 Å². The minimum absolute atomic E-state index is 0.337. The van der Waals surface area contributed by atoms with Crippen LogP contribution >= 0.6 is 0 Å². The monoisotopic (exact) mass is 263 g/mol. The summed E-state index contributed by atoms with van der Waals surface area (Å²) in [5, 5.41) is 13.3. The molecule has 0 aromatic heterocycles. The molecule has 0 heterocycles. The number of nitrogens with one attached hydrogen (secondary N) is 1. The van der Waals surface area contributed by atoms with E-state index in [2.05, 4.69) is 32.2 Å². The Bertz CT molecular complexity index is 442. The summed E-state index contributed by atoms with van der Waals surface area (Å²) in [7, 11) is 0. The van der Waals surface area contributed by atoms with Gasteiger partial charge in [-0.3, -0.25) is 0 Å². The zero-order valence-electron chi connectivity index (χ0n) is 12.4. The van der Waals surface area contributed by atoms with Gasteiger partial charge >= 0.3 is 0 Å². The maximum Gasteiger partial charge on any atom is 0.122 e. The number of aryl methyl sites for hydroxylation is 2. The number of hydrogen-bond acceptors (Lipinski definition) is 3. The Hall–Kier alpha value is -1.06. The second-order valence-corrected chi connectivity index (χ2v) is 6.39. The molecule has 106 valence electrons. The maximum atomic E-state index is 9.92. The highest BCUT2D eigenvalue weighted by Gasteiger charge is 2.45. The van der Waals surface area contributed by atoms with Crippen molar-refractivity contribution in [3.8, 4) is 5.75 Å². The van der Waals surface area contributed by atoms with Crippen LogP contribution in [0.3, 0.4) is 0 Å². The molecule has 1 fully saturated rings. The molecule has 1 aromatic rings. The normalized spacial score (nSPS) is 22.1. The van der Waals surface area contributed by atoms with E-state index in [1.54, 1.807) is 0 Å². The highest BCUT2D eigenvalue weighted by Crippen LogP contribution is 2.44. The second kappa shape index (κ2) is 5.51. The van der Waals surface area contributed by atoms with Crippen LogP contribution in [-0.2, 0) is 0 Å². The maximum absolute atomic E-state index is 9.92. The third kappa shape index (κ3) is 3.95. The van der Waals surface area contributed by atoms with Crippen LogP contribution < -0.4 is 10.1 Å². The van der Waals surface area contributed by atoms with Crippen molar-refractivity contribution in [3.63, 3.8) is 0 Å². The van der Waals surface area contributed by atoms with E-state index >= 15 is 0 Å². The lowest BCUT2D eigenvalue weighted by molar-refractivity contribution is 0.105. The van der Waals surface area contributed by atoms with Crippen molar-refractivity contribution in [2.24, 2.45) is 5.41 Å². The lowest BCUT2D eigenvalue weighted by Gasteiger charge is -2.15. The highest BCUT2D eigenvalue weighted by atomic mass is 16.5. The summed E-state index contributed by atoms with van der Waals surface area (Å²) in [4.78, 5) is 0. The summed E-state index contributed by atoms with van der Waals surface area (Å²) >= 11 is 0. The number of aliphatic hydroxyl groups is 1. The molecule has 0 saturated heterocycles. The molecule has 0 radical (unpaired) electrons. The van der Waals surface area contributed by atoms with Gasteiger partial charge in [0.25, 0.3) is 0 Å². The largest absolute Gasteiger partial charge is 0.491 e. The summed E-state index contributed by atoms with van der Waals surface area (Å²) < 4.78 is 5.67. The van der Waals surface area contributed by atoms with Gasteiger partial charge in [-0.15, -0.1) is 0 Å². The molecule has 1 aromatic carbocycles. The minimum atomic E-state index is -0.461. The fraction of sp³-hybridized carbons (Fsp3) is 0.625. The Morgan fingerprint density at radius 2 is 2.11 bits per heavy atom. The van der Waals surface area contributed by atoms with E-state index in [0.717, 1.165) is 11.3 Å². The first kappa shape index (κ1) is 14.4. The lowest BCUT2D eigenvalue weighted by Crippen LogP contribution is -2.34. The molecule has 2 N–H and O–H groups in total. The average molecular weight is 263 g/mol. The Morgan fingerprint density at radius 3 is 2.68 bits per heavy atom. The predicted octanol–water partition coefficient (Wildman–Crippen LogP) is 2.43. The molecule has 19 heavy (non-hydrogen) atoms. The van der Waals surface area contributed by atoms with Crippen molar-refractivity contribution in [2.45, 2.75) is 46.3 Å². The topological polar surface area (TPSA) is 41.5 Å². The summed E-state index contributed by atoms with van der Waals surface area (Å²) in [6.45, 7) is 9.50. The number of hydrogen-bond donors (Lipinski definition) is 2. The predicted molar refractivity (Wildman–Crippen MR) is 77.6 cm³/mol. The SMILES string of the molecule is Cc1ccc(OCC(O)CNC2CC2(C)C)c(C)c1. The van der Waals surface area contributed by atoms with Gasteiger partial charge in [-0.1, -0.05) is 31.5 Å². The van der Waals surface area contributed by atoms with Gasteiger partial charge in [0.2, 0.25) is 0 Å². The van der Waals surface area contributed by atoms with Gasteiger partial charge in [0.05, 0.1) is 0 Å². The molecule has 1 aliphatic carbocycles. The standard InChI is InChI=1S/C16H25NO2/c1-11-5-6-14(12(2)7-11)19-10-13(18)9-17-15-8-16(15,3)4/h5-7,13,15,17-18H,8-10H2,1-4H3. The van der Waals surface area contributed by atoms with Crippen LogP contribution in [0.15, 0.2) is 18.2 Å². The average Bonchev–Trinajstić information content (AvgIpc) is 2.93. The molecule has 0 amide bonds. The van der Waals surface area contributed by atoms with Crippen LogP contribution in [0.25, 0.3) is 0 Å². The van der Waals surface area contributed by atoms with E-state index < -0.39 is 6.10 Å². The van der Waals surface area contributed by atoms with Crippen molar-refractivity contribution in [1.29, 1.82) is 0 Å². The zero-order valence-corrected chi connectivity index (χ0v) is 12.4. The summed E-state index contributed by atoms with van der Waals surface area (Å²) in [5.74, 6) is 0.858. The summed E-state index contributed by atoms with van der Waals surface area (Å²) in [6, 6.07) is 6.63. The van der Waals surface area contributed by atoms with Gasteiger partial charge in [0.1, 0.15) is 18.5 Å². The third-order valence-electron chi connectivity index (χ3n) is 3.87. The molecular weight excluding hydrogens is 238 g/mol. The van der Waals surface area contributed by atoms with Gasteiger partial charge in [0.15, 0.2) is 0 Å². The fourth-order valence-corrected chi connectivity index (χ4v) is 2.30. The zero-order chi connectivity index (χ0) is 14.0. The van der Waals surface area contributed by atoms with Crippen LogP contribution in [0.2, 0.25) is 0 Å². The molecule has 2 unspecified atom stereocenters. The van der Waals surface area contributed by atoms with E-state index in [1.807, 2.05) is 19.1 Å². The quantitative estimate of drug-likeness (QED) is 0.828. The molecule has 3 heteroatoms. The van der Waals surface area contributed by atoms with E-state index in [9.17, 15) is 5.11 Å². The van der Waals surface area contributed by atoms with E-state index in [-0.39, 0.29) is 0 Å². The van der Waals surface area contributed by atoms with E-state index in [4.69, 9.17) is 4.74 Å². The third-order valence-corrected chi connectivity index (χ3v) is 3.87. The van der Waals surface area contributed by atoms with Crippen molar-refractivity contribution in [3.05, 3.63) is 29.3 Å². The first-order valence-electron chi connectivity index (χ1n) is 7.00.